The first-order valence-corrected chi connectivity index (χ1v) is 9.65. The zero-order valence-electron chi connectivity index (χ0n) is 14.7. The third-order valence-corrected chi connectivity index (χ3v) is 6.39. The standard InChI is InChI=1S/C21H22N2OS/c1-14-7-8-17(13-15(14)2)21(24)23-11-9-16(10-12-23)20-22-18-5-3-4-6-19(18)25-20/h3-8,13,16H,9-12H2,1-2H3. The number of likely N-dealkylation sites (tertiary alicyclic amines) is 1. The Morgan fingerprint density at radius 3 is 2.56 bits per heavy atom. The molecule has 4 rings (SSSR count). The molecule has 1 saturated heterocycles. The minimum Gasteiger partial charge on any atom is -0.339 e. The maximum atomic E-state index is 12.8. The first-order chi connectivity index (χ1) is 12.1. The van der Waals surface area contributed by atoms with Crippen molar-refractivity contribution in [3.05, 3.63) is 64.2 Å². The molecule has 128 valence electrons. The van der Waals surface area contributed by atoms with Crippen LogP contribution in [0, 0.1) is 13.8 Å². The highest BCUT2D eigenvalue weighted by molar-refractivity contribution is 7.18. The van der Waals surface area contributed by atoms with Crippen LogP contribution in [0.2, 0.25) is 0 Å². The molecule has 3 nitrogen and oxygen atoms in total. The number of thiazole rings is 1. The van der Waals surface area contributed by atoms with E-state index in [0.29, 0.717) is 5.92 Å². The molecule has 0 unspecified atom stereocenters. The Bertz CT molecular complexity index is 890. The Morgan fingerprint density at radius 2 is 1.84 bits per heavy atom. The molecule has 1 aromatic heterocycles. The number of aromatic nitrogens is 1. The molecule has 2 heterocycles. The highest BCUT2D eigenvalue weighted by Crippen LogP contribution is 2.34. The van der Waals surface area contributed by atoms with Crippen molar-refractivity contribution < 1.29 is 4.79 Å². The van der Waals surface area contributed by atoms with Crippen molar-refractivity contribution in [3.8, 4) is 0 Å². The van der Waals surface area contributed by atoms with Crippen molar-refractivity contribution in [1.82, 2.24) is 9.88 Å². The van der Waals surface area contributed by atoms with Crippen LogP contribution in [-0.4, -0.2) is 28.9 Å². The van der Waals surface area contributed by atoms with Crippen molar-refractivity contribution >= 4 is 27.5 Å². The topological polar surface area (TPSA) is 33.2 Å². The fourth-order valence-corrected chi connectivity index (χ4v) is 4.59. The maximum absolute atomic E-state index is 12.8. The Morgan fingerprint density at radius 1 is 1.08 bits per heavy atom. The molecule has 1 amide bonds. The molecule has 0 radical (unpaired) electrons. The molecule has 1 aliphatic heterocycles. The fraction of sp³-hybridized carbons (Fsp3) is 0.333. The second-order valence-electron chi connectivity index (χ2n) is 6.89. The van der Waals surface area contributed by atoms with Gasteiger partial charge in [-0.15, -0.1) is 11.3 Å². The number of rotatable bonds is 2. The molecule has 1 aliphatic rings. The molecule has 1 fully saturated rings. The van der Waals surface area contributed by atoms with Crippen molar-refractivity contribution in [2.45, 2.75) is 32.6 Å². The summed E-state index contributed by atoms with van der Waals surface area (Å²) in [5, 5.41) is 1.22. The Labute approximate surface area is 152 Å². The number of nitrogens with zero attached hydrogens (tertiary/aromatic N) is 2. The second-order valence-corrected chi connectivity index (χ2v) is 7.95. The van der Waals surface area contributed by atoms with Crippen LogP contribution in [0.4, 0.5) is 0 Å². The predicted octanol–water partition coefficient (Wildman–Crippen LogP) is 4.93. The average molecular weight is 350 g/mol. The molecule has 0 bridgehead atoms. The Hall–Kier alpha value is -2.20. The van der Waals surface area contributed by atoms with Crippen molar-refractivity contribution in [2.24, 2.45) is 0 Å². The van der Waals surface area contributed by atoms with E-state index < -0.39 is 0 Å². The van der Waals surface area contributed by atoms with E-state index in [0.717, 1.165) is 37.0 Å². The number of carbonyl (C=O) groups excluding carboxylic acids is 1. The summed E-state index contributed by atoms with van der Waals surface area (Å²) >= 11 is 1.80. The summed E-state index contributed by atoms with van der Waals surface area (Å²) in [6.07, 6.45) is 1.99. The van der Waals surface area contributed by atoms with Crippen LogP contribution in [0.25, 0.3) is 10.2 Å². The second kappa shape index (κ2) is 6.60. The SMILES string of the molecule is Cc1ccc(C(=O)N2CCC(c3nc4ccccc4s3)CC2)cc1C. The van der Waals surface area contributed by atoms with Crippen LogP contribution >= 0.6 is 11.3 Å². The van der Waals surface area contributed by atoms with Crippen LogP contribution in [0.3, 0.4) is 0 Å². The number of hydrogen-bond donors (Lipinski definition) is 0. The van der Waals surface area contributed by atoms with Crippen LogP contribution in [-0.2, 0) is 0 Å². The fourth-order valence-electron chi connectivity index (χ4n) is 3.45. The highest BCUT2D eigenvalue weighted by Gasteiger charge is 2.26. The van der Waals surface area contributed by atoms with Gasteiger partial charge in [-0.25, -0.2) is 4.98 Å². The van der Waals surface area contributed by atoms with Crippen molar-refractivity contribution in [2.75, 3.05) is 13.1 Å². The average Bonchev–Trinajstić information content (AvgIpc) is 3.08. The molecule has 0 N–H and O–H groups in total. The van der Waals surface area contributed by atoms with Crippen LogP contribution in [0.1, 0.15) is 45.3 Å². The predicted molar refractivity (Wildman–Crippen MR) is 103 cm³/mol. The van der Waals surface area contributed by atoms with E-state index in [9.17, 15) is 4.79 Å². The van der Waals surface area contributed by atoms with E-state index in [-0.39, 0.29) is 5.91 Å². The number of piperidine rings is 1. The third-order valence-electron chi connectivity index (χ3n) is 5.20. The summed E-state index contributed by atoms with van der Waals surface area (Å²) in [6, 6.07) is 14.3. The van der Waals surface area contributed by atoms with Crippen LogP contribution in [0.15, 0.2) is 42.5 Å². The monoisotopic (exact) mass is 350 g/mol. The van der Waals surface area contributed by atoms with E-state index in [4.69, 9.17) is 4.98 Å². The van der Waals surface area contributed by atoms with E-state index in [2.05, 4.69) is 32.0 Å². The minimum atomic E-state index is 0.158. The molecule has 3 aromatic rings. The highest BCUT2D eigenvalue weighted by atomic mass is 32.1. The van der Waals surface area contributed by atoms with E-state index in [1.165, 1.54) is 20.8 Å². The van der Waals surface area contributed by atoms with Gasteiger partial charge in [0.05, 0.1) is 15.2 Å². The zero-order chi connectivity index (χ0) is 17.4. The van der Waals surface area contributed by atoms with Crippen LogP contribution in [0.5, 0.6) is 0 Å². The molecular formula is C21H22N2OS. The van der Waals surface area contributed by atoms with Gasteiger partial charge in [-0.1, -0.05) is 18.2 Å². The maximum Gasteiger partial charge on any atom is 0.253 e. The van der Waals surface area contributed by atoms with Gasteiger partial charge in [0, 0.05) is 24.6 Å². The van der Waals surface area contributed by atoms with E-state index in [1.54, 1.807) is 11.3 Å². The lowest BCUT2D eigenvalue weighted by Crippen LogP contribution is -2.37. The molecular weight excluding hydrogens is 328 g/mol. The summed E-state index contributed by atoms with van der Waals surface area (Å²) in [4.78, 5) is 19.6. The summed E-state index contributed by atoms with van der Waals surface area (Å²) < 4.78 is 1.26. The number of fused-ring (bicyclic) bond motifs is 1. The first-order valence-electron chi connectivity index (χ1n) is 8.84. The number of hydrogen-bond acceptors (Lipinski definition) is 3. The first kappa shape index (κ1) is 16.3. The van der Waals surface area contributed by atoms with Gasteiger partial charge in [-0.3, -0.25) is 4.79 Å². The number of carbonyl (C=O) groups is 1. The van der Waals surface area contributed by atoms with Crippen LogP contribution < -0.4 is 0 Å². The van der Waals surface area contributed by atoms with Crippen molar-refractivity contribution in [1.29, 1.82) is 0 Å². The lowest BCUT2D eigenvalue weighted by molar-refractivity contribution is 0.0713. The molecule has 2 aromatic carbocycles. The van der Waals surface area contributed by atoms with Gasteiger partial charge in [-0.05, 0) is 62.1 Å². The summed E-state index contributed by atoms with van der Waals surface area (Å²) in [5.41, 5.74) is 4.30. The Kier molecular flexibility index (Phi) is 4.30. The molecule has 0 atom stereocenters. The van der Waals surface area contributed by atoms with Crippen molar-refractivity contribution in [3.63, 3.8) is 0 Å². The molecule has 4 heteroatoms. The largest absolute Gasteiger partial charge is 0.339 e. The molecule has 25 heavy (non-hydrogen) atoms. The molecule has 0 spiro atoms. The van der Waals surface area contributed by atoms with Gasteiger partial charge in [0.2, 0.25) is 0 Å². The lowest BCUT2D eigenvalue weighted by Gasteiger charge is -2.31. The number of benzene rings is 2. The van der Waals surface area contributed by atoms with Gasteiger partial charge in [-0.2, -0.15) is 0 Å². The summed E-state index contributed by atoms with van der Waals surface area (Å²) in [6.45, 7) is 5.76. The summed E-state index contributed by atoms with van der Waals surface area (Å²) in [5.74, 6) is 0.632. The van der Waals surface area contributed by atoms with Gasteiger partial charge in [0.1, 0.15) is 0 Å². The van der Waals surface area contributed by atoms with Gasteiger partial charge < -0.3 is 4.90 Å². The Balaban J connectivity index is 1.45. The normalized spacial score (nSPS) is 15.7. The number of aryl methyl sites for hydroxylation is 2. The van der Waals surface area contributed by atoms with Gasteiger partial charge in [0.25, 0.3) is 5.91 Å². The van der Waals surface area contributed by atoms with E-state index >= 15 is 0 Å². The quantitative estimate of drug-likeness (QED) is 0.656. The smallest absolute Gasteiger partial charge is 0.253 e. The number of para-hydroxylation sites is 1. The van der Waals surface area contributed by atoms with E-state index in [1.807, 2.05) is 29.2 Å². The van der Waals surface area contributed by atoms with Gasteiger partial charge in [0.15, 0.2) is 0 Å². The molecule has 0 saturated carbocycles. The van der Waals surface area contributed by atoms with Gasteiger partial charge >= 0.3 is 0 Å². The lowest BCUT2D eigenvalue weighted by atomic mass is 9.96. The third kappa shape index (κ3) is 3.19. The minimum absolute atomic E-state index is 0.158. The molecule has 0 aliphatic carbocycles. The summed E-state index contributed by atoms with van der Waals surface area (Å²) in [7, 11) is 0. The zero-order valence-corrected chi connectivity index (χ0v) is 15.5. The number of amides is 1.